The van der Waals surface area contributed by atoms with Crippen molar-refractivity contribution in [1.82, 2.24) is 4.90 Å². The zero-order valence-corrected chi connectivity index (χ0v) is 11.9. The summed E-state index contributed by atoms with van der Waals surface area (Å²) in [5.74, 6) is -2.35. The second-order valence-corrected chi connectivity index (χ2v) is 7.65. The molecule has 0 N–H and O–H groups in total. The van der Waals surface area contributed by atoms with Crippen LogP contribution in [0.15, 0.2) is 18.2 Å². The van der Waals surface area contributed by atoms with Gasteiger partial charge < -0.3 is 4.90 Å². The summed E-state index contributed by atoms with van der Waals surface area (Å²) < 4.78 is 48.1. The number of carbonyl (C=O) groups is 1. The average Bonchev–Trinajstić information content (AvgIpc) is 2.54. The third kappa shape index (κ3) is 4.14. The van der Waals surface area contributed by atoms with E-state index in [2.05, 4.69) is 0 Å². The standard InChI is InChI=1S/C12H12ClF2NO3S/c13-20(18,19)7-9-3-12(17)16(6-9)5-8-1-10(14)4-11(15)2-8/h1-2,4,9H,3,5-7H2. The van der Waals surface area contributed by atoms with Crippen molar-refractivity contribution in [1.29, 1.82) is 0 Å². The fourth-order valence-electron chi connectivity index (χ4n) is 2.32. The summed E-state index contributed by atoms with van der Waals surface area (Å²) in [5, 5.41) is 0. The van der Waals surface area contributed by atoms with Gasteiger partial charge in [0.05, 0.1) is 5.75 Å². The van der Waals surface area contributed by atoms with Crippen molar-refractivity contribution in [3.8, 4) is 0 Å². The average molecular weight is 324 g/mol. The highest BCUT2D eigenvalue weighted by atomic mass is 35.7. The number of amides is 1. The number of carbonyl (C=O) groups excluding carboxylic acids is 1. The van der Waals surface area contributed by atoms with Crippen molar-refractivity contribution < 1.29 is 22.0 Å². The minimum atomic E-state index is -3.67. The highest BCUT2D eigenvalue weighted by molar-refractivity contribution is 8.13. The van der Waals surface area contributed by atoms with Crippen LogP contribution in [-0.4, -0.2) is 31.5 Å². The first-order valence-corrected chi connectivity index (χ1v) is 8.36. The first-order valence-electron chi connectivity index (χ1n) is 5.88. The highest BCUT2D eigenvalue weighted by Gasteiger charge is 2.32. The van der Waals surface area contributed by atoms with E-state index in [4.69, 9.17) is 10.7 Å². The molecule has 1 atom stereocenters. The molecule has 1 saturated heterocycles. The first kappa shape index (κ1) is 15.2. The second-order valence-electron chi connectivity index (χ2n) is 4.83. The van der Waals surface area contributed by atoms with Crippen LogP contribution < -0.4 is 0 Å². The zero-order valence-electron chi connectivity index (χ0n) is 10.4. The van der Waals surface area contributed by atoms with Crippen molar-refractivity contribution in [3.05, 3.63) is 35.4 Å². The molecule has 0 bridgehead atoms. The molecule has 1 unspecified atom stereocenters. The quantitative estimate of drug-likeness (QED) is 0.795. The molecule has 1 heterocycles. The molecule has 0 aliphatic carbocycles. The largest absolute Gasteiger partial charge is 0.338 e. The predicted molar refractivity (Wildman–Crippen MR) is 69.5 cm³/mol. The third-order valence-corrected chi connectivity index (χ3v) is 4.27. The summed E-state index contributed by atoms with van der Waals surface area (Å²) in [6.07, 6.45) is 0.0732. The van der Waals surface area contributed by atoms with Crippen LogP contribution in [0.5, 0.6) is 0 Å². The van der Waals surface area contributed by atoms with Gasteiger partial charge >= 0.3 is 0 Å². The summed E-state index contributed by atoms with van der Waals surface area (Å²) in [7, 11) is 1.49. The topological polar surface area (TPSA) is 54.5 Å². The molecule has 0 saturated carbocycles. The van der Waals surface area contributed by atoms with Gasteiger partial charge in [-0.2, -0.15) is 0 Å². The molecule has 1 aromatic rings. The molecule has 0 aromatic heterocycles. The van der Waals surface area contributed by atoms with Gasteiger partial charge in [-0.15, -0.1) is 0 Å². The molecule has 8 heteroatoms. The highest BCUT2D eigenvalue weighted by Crippen LogP contribution is 2.23. The smallest absolute Gasteiger partial charge is 0.232 e. The van der Waals surface area contributed by atoms with Gasteiger partial charge in [0.2, 0.25) is 15.0 Å². The van der Waals surface area contributed by atoms with Gasteiger partial charge in [0, 0.05) is 42.2 Å². The number of likely N-dealkylation sites (tertiary alicyclic amines) is 1. The molecule has 2 rings (SSSR count). The fraction of sp³-hybridized carbons (Fsp3) is 0.417. The summed E-state index contributed by atoms with van der Waals surface area (Å²) in [5.41, 5.74) is 0.324. The third-order valence-electron chi connectivity index (χ3n) is 3.03. The monoisotopic (exact) mass is 323 g/mol. The Kier molecular flexibility index (Phi) is 4.29. The Labute approximate surface area is 119 Å². The van der Waals surface area contributed by atoms with Gasteiger partial charge in [-0.3, -0.25) is 4.79 Å². The maximum absolute atomic E-state index is 13.1. The van der Waals surface area contributed by atoms with E-state index in [1.165, 1.54) is 4.90 Å². The maximum Gasteiger partial charge on any atom is 0.232 e. The molecule has 0 radical (unpaired) electrons. The van der Waals surface area contributed by atoms with Crippen molar-refractivity contribution in [2.45, 2.75) is 13.0 Å². The maximum atomic E-state index is 13.1. The van der Waals surface area contributed by atoms with Crippen LogP contribution in [0.4, 0.5) is 8.78 Å². The van der Waals surface area contributed by atoms with Crippen LogP contribution in [0.2, 0.25) is 0 Å². The molecule has 1 fully saturated rings. The Bertz CT molecular complexity index is 615. The van der Waals surface area contributed by atoms with Crippen molar-refractivity contribution >= 4 is 25.6 Å². The normalized spacial score (nSPS) is 19.6. The number of nitrogens with zero attached hydrogens (tertiary/aromatic N) is 1. The van der Waals surface area contributed by atoms with Gasteiger partial charge in [-0.25, -0.2) is 17.2 Å². The van der Waals surface area contributed by atoms with Gasteiger partial charge in [0.25, 0.3) is 0 Å². The Hall–Kier alpha value is -1.21. The van der Waals surface area contributed by atoms with E-state index in [-0.39, 0.29) is 37.1 Å². The lowest BCUT2D eigenvalue weighted by atomic mass is 10.1. The van der Waals surface area contributed by atoms with E-state index in [9.17, 15) is 22.0 Å². The predicted octanol–water partition coefficient (Wildman–Crippen LogP) is 1.88. The second kappa shape index (κ2) is 5.65. The lowest BCUT2D eigenvalue weighted by molar-refractivity contribution is -0.128. The van der Waals surface area contributed by atoms with Crippen LogP contribution in [0.3, 0.4) is 0 Å². The molecule has 1 amide bonds. The number of halogens is 3. The van der Waals surface area contributed by atoms with Gasteiger partial charge in [0.1, 0.15) is 11.6 Å². The molecule has 4 nitrogen and oxygen atoms in total. The Balaban J connectivity index is 2.05. The first-order chi connectivity index (χ1) is 9.23. The van der Waals surface area contributed by atoms with Crippen molar-refractivity contribution in [2.24, 2.45) is 5.92 Å². The minimum absolute atomic E-state index is 0.0480. The van der Waals surface area contributed by atoms with Gasteiger partial charge in [-0.1, -0.05) is 0 Å². The SMILES string of the molecule is O=C1CC(CS(=O)(=O)Cl)CN1Cc1cc(F)cc(F)c1. The lowest BCUT2D eigenvalue weighted by Gasteiger charge is -2.16. The number of hydrogen-bond acceptors (Lipinski definition) is 3. The Morgan fingerprint density at radius 3 is 2.40 bits per heavy atom. The molecule has 20 heavy (non-hydrogen) atoms. The molecule has 1 aromatic carbocycles. The number of hydrogen-bond donors (Lipinski definition) is 0. The van der Waals surface area contributed by atoms with E-state index in [0.29, 0.717) is 5.56 Å². The van der Waals surface area contributed by atoms with Crippen LogP contribution >= 0.6 is 10.7 Å². The summed E-state index contributed by atoms with van der Waals surface area (Å²) in [6, 6.07) is 3.03. The minimum Gasteiger partial charge on any atom is -0.338 e. The summed E-state index contributed by atoms with van der Waals surface area (Å²) >= 11 is 0. The zero-order chi connectivity index (χ0) is 14.9. The van der Waals surface area contributed by atoms with E-state index >= 15 is 0 Å². The summed E-state index contributed by atoms with van der Waals surface area (Å²) in [4.78, 5) is 13.1. The fourth-order valence-corrected chi connectivity index (χ4v) is 3.64. The molecule has 1 aliphatic heterocycles. The molecule has 1 aliphatic rings. The van der Waals surface area contributed by atoms with Crippen LogP contribution in [0.1, 0.15) is 12.0 Å². The molecular formula is C12H12ClF2NO3S. The van der Waals surface area contributed by atoms with Crippen molar-refractivity contribution in [2.75, 3.05) is 12.3 Å². The van der Waals surface area contributed by atoms with Crippen LogP contribution in [0, 0.1) is 17.6 Å². The van der Waals surface area contributed by atoms with Gasteiger partial charge in [-0.05, 0) is 17.7 Å². The number of benzene rings is 1. The van der Waals surface area contributed by atoms with Crippen LogP contribution in [0.25, 0.3) is 0 Å². The Morgan fingerprint density at radius 1 is 1.25 bits per heavy atom. The Morgan fingerprint density at radius 2 is 1.85 bits per heavy atom. The van der Waals surface area contributed by atoms with E-state index < -0.39 is 20.7 Å². The summed E-state index contributed by atoms with van der Waals surface area (Å²) in [6.45, 7) is 0.259. The van der Waals surface area contributed by atoms with Crippen LogP contribution in [-0.2, 0) is 20.4 Å². The number of rotatable bonds is 4. The molecule has 110 valence electrons. The van der Waals surface area contributed by atoms with Crippen molar-refractivity contribution in [3.63, 3.8) is 0 Å². The molecular weight excluding hydrogens is 312 g/mol. The van der Waals surface area contributed by atoms with E-state index in [1.807, 2.05) is 0 Å². The lowest BCUT2D eigenvalue weighted by Crippen LogP contribution is -2.25. The van der Waals surface area contributed by atoms with E-state index in [1.54, 1.807) is 0 Å². The van der Waals surface area contributed by atoms with Gasteiger partial charge in [0.15, 0.2) is 0 Å². The molecule has 0 spiro atoms. The van der Waals surface area contributed by atoms with E-state index in [0.717, 1.165) is 18.2 Å².